The fourth-order valence-corrected chi connectivity index (χ4v) is 1.25. The number of rotatable bonds is 2. The zero-order chi connectivity index (χ0) is 12.4. The smallest absolute Gasteiger partial charge is 0.262 e. The molecule has 0 unspecified atom stereocenters. The largest absolute Gasteiger partial charge is 0.433 e. The quantitative estimate of drug-likeness (QED) is 0.846. The van der Waals surface area contributed by atoms with Gasteiger partial charge in [-0.25, -0.2) is 4.39 Å². The molecule has 0 radical (unpaired) electrons. The van der Waals surface area contributed by atoms with Crippen molar-refractivity contribution in [1.82, 2.24) is 15.2 Å². The second-order valence-electron chi connectivity index (χ2n) is 2.83. The number of aromatic nitrogens is 3. The molecule has 8 heteroatoms. The summed E-state index contributed by atoms with van der Waals surface area (Å²) in [6, 6.07) is 3.44. The number of benzene rings is 1. The molecule has 1 aromatic carbocycles. The van der Waals surface area contributed by atoms with E-state index in [1.807, 2.05) is 0 Å². The van der Waals surface area contributed by atoms with E-state index in [1.54, 1.807) is 0 Å². The lowest BCUT2D eigenvalue weighted by Gasteiger charge is -2.06. The van der Waals surface area contributed by atoms with Crippen LogP contribution in [-0.2, 0) is 0 Å². The Bertz CT molecular complexity index is 568. The number of halogens is 4. The third-order valence-electron chi connectivity index (χ3n) is 1.71. The van der Waals surface area contributed by atoms with E-state index in [-0.39, 0.29) is 22.1 Å². The van der Waals surface area contributed by atoms with Crippen molar-refractivity contribution in [2.24, 2.45) is 0 Å². The van der Waals surface area contributed by atoms with Crippen LogP contribution in [0.25, 0.3) is 0 Å². The maximum Gasteiger partial charge on any atom is 0.262 e. The van der Waals surface area contributed by atoms with E-state index in [0.29, 0.717) is 0 Å². The Morgan fingerprint density at radius 3 is 2.65 bits per heavy atom. The van der Waals surface area contributed by atoms with Crippen molar-refractivity contribution in [2.75, 3.05) is 0 Å². The molecular weight excluding hydrogens is 275 g/mol. The van der Waals surface area contributed by atoms with E-state index >= 15 is 0 Å². The summed E-state index contributed by atoms with van der Waals surface area (Å²) in [5.41, 5.74) is 0. The summed E-state index contributed by atoms with van der Waals surface area (Å²) in [6.45, 7) is 0. The van der Waals surface area contributed by atoms with Crippen molar-refractivity contribution >= 4 is 23.2 Å². The molecular formula is C9H3Cl2F2N3O. The predicted octanol–water partition coefficient (Wildman–Crippen LogP) is 3.25. The van der Waals surface area contributed by atoms with Crippen molar-refractivity contribution < 1.29 is 13.5 Å². The van der Waals surface area contributed by atoms with Gasteiger partial charge in [-0.1, -0.05) is 17.7 Å². The number of ether oxygens (including phenoxy) is 1. The van der Waals surface area contributed by atoms with Gasteiger partial charge in [0.25, 0.3) is 5.88 Å². The van der Waals surface area contributed by atoms with E-state index in [1.165, 1.54) is 12.1 Å². The number of hydrogen-bond acceptors (Lipinski definition) is 4. The van der Waals surface area contributed by atoms with Gasteiger partial charge in [0.1, 0.15) is 0 Å². The summed E-state index contributed by atoms with van der Waals surface area (Å²) in [4.78, 5) is 3.59. The van der Waals surface area contributed by atoms with Gasteiger partial charge >= 0.3 is 0 Å². The van der Waals surface area contributed by atoms with Gasteiger partial charge in [-0.15, -0.1) is 10.2 Å². The van der Waals surface area contributed by atoms with Gasteiger partial charge in [0.15, 0.2) is 11.6 Å². The molecule has 0 saturated heterocycles. The van der Waals surface area contributed by atoms with Crippen LogP contribution in [0.4, 0.5) is 8.78 Å². The molecule has 0 aliphatic heterocycles. The lowest BCUT2D eigenvalue weighted by Crippen LogP contribution is -1.97. The van der Waals surface area contributed by atoms with Crippen molar-refractivity contribution in [3.05, 3.63) is 40.3 Å². The molecule has 1 aromatic heterocycles. The van der Waals surface area contributed by atoms with Crippen LogP contribution < -0.4 is 4.74 Å². The molecule has 2 rings (SSSR count). The van der Waals surface area contributed by atoms with Gasteiger partial charge in [-0.05, 0) is 23.7 Å². The standard InChI is InChI=1S/C9H3Cl2F2N3O/c10-7-8(14-9(11)16-15-7)17-5-3-1-2-4(12)6(5)13/h1-3H. The summed E-state index contributed by atoms with van der Waals surface area (Å²) in [7, 11) is 0. The molecule has 0 N–H and O–H groups in total. The van der Waals surface area contributed by atoms with E-state index in [9.17, 15) is 8.78 Å². The van der Waals surface area contributed by atoms with Crippen molar-refractivity contribution in [3.63, 3.8) is 0 Å². The lowest BCUT2D eigenvalue weighted by atomic mass is 10.3. The van der Waals surface area contributed by atoms with E-state index in [2.05, 4.69) is 15.2 Å². The van der Waals surface area contributed by atoms with Crippen molar-refractivity contribution in [2.45, 2.75) is 0 Å². The second kappa shape index (κ2) is 4.77. The SMILES string of the molecule is Fc1cccc(Oc2nc(Cl)nnc2Cl)c1F. The highest BCUT2D eigenvalue weighted by Crippen LogP contribution is 2.28. The Labute approximate surface area is 104 Å². The molecule has 0 aliphatic rings. The second-order valence-corrected chi connectivity index (χ2v) is 3.53. The highest BCUT2D eigenvalue weighted by Gasteiger charge is 2.14. The predicted molar refractivity (Wildman–Crippen MR) is 56.3 cm³/mol. The zero-order valence-corrected chi connectivity index (χ0v) is 9.51. The summed E-state index contributed by atoms with van der Waals surface area (Å²) in [5.74, 6) is -2.83. The fourth-order valence-electron chi connectivity index (χ4n) is 1.01. The average molecular weight is 278 g/mol. The molecule has 1 heterocycles. The summed E-state index contributed by atoms with van der Waals surface area (Å²) < 4.78 is 31.1. The molecule has 0 spiro atoms. The van der Waals surface area contributed by atoms with Crippen LogP contribution >= 0.6 is 23.2 Å². The fraction of sp³-hybridized carbons (Fsp3) is 0. The van der Waals surface area contributed by atoms with Crippen molar-refractivity contribution in [1.29, 1.82) is 0 Å². The van der Waals surface area contributed by atoms with Crippen LogP contribution in [0.5, 0.6) is 11.6 Å². The first-order chi connectivity index (χ1) is 8.08. The Balaban J connectivity index is 2.38. The minimum Gasteiger partial charge on any atom is -0.433 e. The van der Waals surface area contributed by atoms with Crippen LogP contribution in [0.1, 0.15) is 0 Å². The van der Waals surface area contributed by atoms with Gasteiger partial charge < -0.3 is 4.74 Å². The molecule has 17 heavy (non-hydrogen) atoms. The molecule has 88 valence electrons. The summed E-state index contributed by atoms with van der Waals surface area (Å²) in [5, 5.41) is 6.32. The molecule has 0 amide bonds. The third kappa shape index (κ3) is 2.59. The van der Waals surface area contributed by atoms with E-state index < -0.39 is 11.6 Å². The van der Waals surface area contributed by atoms with Crippen LogP contribution in [0.2, 0.25) is 10.4 Å². The minimum absolute atomic E-state index is 0.210. The minimum atomic E-state index is -1.15. The number of hydrogen-bond donors (Lipinski definition) is 0. The maximum atomic E-state index is 13.3. The Kier molecular flexibility index (Phi) is 3.35. The third-order valence-corrected chi connectivity index (χ3v) is 2.11. The molecule has 0 fully saturated rings. The highest BCUT2D eigenvalue weighted by molar-refractivity contribution is 6.31. The molecule has 0 saturated carbocycles. The zero-order valence-electron chi connectivity index (χ0n) is 7.99. The van der Waals surface area contributed by atoms with Crippen LogP contribution in [0, 0.1) is 11.6 Å². The van der Waals surface area contributed by atoms with Gasteiger partial charge in [0.2, 0.25) is 16.3 Å². The molecule has 2 aromatic rings. The Hall–Kier alpha value is -1.53. The molecule has 0 bridgehead atoms. The molecule has 4 nitrogen and oxygen atoms in total. The average Bonchev–Trinajstić information content (AvgIpc) is 2.30. The first kappa shape index (κ1) is 11.9. The van der Waals surface area contributed by atoms with Gasteiger partial charge in [0, 0.05) is 0 Å². The van der Waals surface area contributed by atoms with Gasteiger partial charge in [-0.2, -0.15) is 9.37 Å². The van der Waals surface area contributed by atoms with Crippen LogP contribution in [0.3, 0.4) is 0 Å². The lowest BCUT2D eigenvalue weighted by molar-refractivity contribution is 0.403. The van der Waals surface area contributed by atoms with Crippen LogP contribution in [-0.4, -0.2) is 15.2 Å². The van der Waals surface area contributed by atoms with Crippen LogP contribution in [0.15, 0.2) is 18.2 Å². The summed E-state index contributed by atoms with van der Waals surface area (Å²) >= 11 is 11.1. The maximum absolute atomic E-state index is 13.3. The topological polar surface area (TPSA) is 47.9 Å². The summed E-state index contributed by atoms with van der Waals surface area (Å²) in [6.07, 6.45) is 0. The highest BCUT2D eigenvalue weighted by atomic mass is 35.5. The normalized spacial score (nSPS) is 10.4. The van der Waals surface area contributed by atoms with Gasteiger partial charge in [0.05, 0.1) is 0 Å². The first-order valence-electron chi connectivity index (χ1n) is 4.25. The van der Waals surface area contributed by atoms with Gasteiger partial charge in [-0.3, -0.25) is 0 Å². The van der Waals surface area contributed by atoms with E-state index in [0.717, 1.165) is 6.07 Å². The molecule has 0 aliphatic carbocycles. The first-order valence-corrected chi connectivity index (χ1v) is 5.01. The monoisotopic (exact) mass is 277 g/mol. The number of nitrogens with zero attached hydrogens (tertiary/aromatic N) is 3. The van der Waals surface area contributed by atoms with Crippen molar-refractivity contribution in [3.8, 4) is 11.6 Å². The van der Waals surface area contributed by atoms with E-state index in [4.69, 9.17) is 27.9 Å². The Morgan fingerprint density at radius 1 is 1.12 bits per heavy atom. The molecule has 0 atom stereocenters. The Morgan fingerprint density at radius 2 is 1.88 bits per heavy atom.